The van der Waals surface area contributed by atoms with E-state index in [0.29, 0.717) is 17.5 Å². The molecule has 0 atom stereocenters. The van der Waals surface area contributed by atoms with Crippen molar-refractivity contribution in [2.45, 2.75) is 43.0 Å². The van der Waals surface area contributed by atoms with Crippen molar-refractivity contribution in [2.24, 2.45) is 0 Å². The molecule has 0 radical (unpaired) electrons. The van der Waals surface area contributed by atoms with E-state index in [9.17, 15) is 8.42 Å². The molecule has 3 rings (SSSR count). The van der Waals surface area contributed by atoms with Crippen LogP contribution in [0, 0.1) is 0 Å². The Morgan fingerprint density at radius 2 is 1.56 bits per heavy atom. The van der Waals surface area contributed by atoms with Crippen molar-refractivity contribution in [3.63, 3.8) is 0 Å². The van der Waals surface area contributed by atoms with Gasteiger partial charge in [0.25, 0.3) is 10.0 Å². The van der Waals surface area contributed by atoms with Gasteiger partial charge in [-0.05, 0) is 49.2 Å². The highest BCUT2D eigenvalue weighted by atomic mass is 32.2. The molecule has 0 spiro atoms. The van der Waals surface area contributed by atoms with E-state index in [4.69, 9.17) is 9.47 Å². The molecule has 0 heterocycles. The summed E-state index contributed by atoms with van der Waals surface area (Å²) in [5, 5.41) is 3.52. The number of anilines is 2. The van der Waals surface area contributed by atoms with Gasteiger partial charge in [-0.3, -0.25) is 4.72 Å². The lowest BCUT2D eigenvalue weighted by Crippen LogP contribution is -2.22. The molecule has 1 aliphatic carbocycles. The Kier molecular flexibility index (Phi) is 6.11. The van der Waals surface area contributed by atoms with Crippen molar-refractivity contribution >= 4 is 21.4 Å². The van der Waals surface area contributed by atoms with E-state index >= 15 is 0 Å². The first kappa shape index (κ1) is 19.4. The van der Waals surface area contributed by atoms with Gasteiger partial charge < -0.3 is 14.8 Å². The van der Waals surface area contributed by atoms with E-state index in [1.165, 1.54) is 52.4 Å². The fourth-order valence-corrected chi connectivity index (χ4v) is 4.53. The van der Waals surface area contributed by atoms with E-state index in [1.54, 1.807) is 24.3 Å². The molecule has 0 aliphatic heterocycles. The van der Waals surface area contributed by atoms with E-state index in [0.717, 1.165) is 5.69 Å². The van der Waals surface area contributed by atoms with Crippen molar-refractivity contribution in [2.75, 3.05) is 24.3 Å². The Labute approximate surface area is 160 Å². The smallest absolute Gasteiger partial charge is 0.265 e. The van der Waals surface area contributed by atoms with Gasteiger partial charge in [-0.15, -0.1) is 0 Å². The second kappa shape index (κ2) is 8.52. The van der Waals surface area contributed by atoms with Gasteiger partial charge in [0, 0.05) is 23.5 Å². The molecule has 2 aromatic carbocycles. The van der Waals surface area contributed by atoms with Crippen LogP contribution >= 0.6 is 0 Å². The third kappa shape index (κ3) is 4.86. The fourth-order valence-electron chi connectivity index (χ4n) is 3.32. The van der Waals surface area contributed by atoms with Gasteiger partial charge in [-0.1, -0.05) is 19.3 Å². The summed E-state index contributed by atoms with van der Waals surface area (Å²) in [5.74, 6) is 0.765. The maximum absolute atomic E-state index is 12.7. The van der Waals surface area contributed by atoms with Gasteiger partial charge in [0.1, 0.15) is 16.4 Å². The van der Waals surface area contributed by atoms with Crippen LogP contribution in [0.15, 0.2) is 47.4 Å². The normalized spacial score (nSPS) is 15.2. The number of methoxy groups -OCH3 is 2. The van der Waals surface area contributed by atoms with Crippen LogP contribution in [0.1, 0.15) is 32.1 Å². The second-order valence-electron chi connectivity index (χ2n) is 6.68. The van der Waals surface area contributed by atoms with Crippen LogP contribution in [0.5, 0.6) is 11.5 Å². The maximum Gasteiger partial charge on any atom is 0.265 e. The summed E-state index contributed by atoms with van der Waals surface area (Å²) in [5.41, 5.74) is 1.51. The first-order valence-corrected chi connectivity index (χ1v) is 10.6. The third-order valence-electron chi connectivity index (χ3n) is 4.77. The lowest BCUT2D eigenvalue weighted by Gasteiger charge is -2.24. The minimum atomic E-state index is -3.77. The Hall–Kier alpha value is -2.41. The molecule has 27 heavy (non-hydrogen) atoms. The van der Waals surface area contributed by atoms with Crippen LogP contribution in [-0.4, -0.2) is 28.7 Å². The van der Waals surface area contributed by atoms with Crippen molar-refractivity contribution in [1.82, 2.24) is 0 Å². The molecule has 1 saturated carbocycles. The van der Waals surface area contributed by atoms with Crippen LogP contribution in [0.3, 0.4) is 0 Å². The molecule has 146 valence electrons. The van der Waals surface area contributed by atoms with Crippen LogP contribution in [0.25, 0.3) is 0 Å². The maximum atomic E-state index is 12.7. The van der Waals surface area contributed by atoms with Crippen molar-refractivity contribution in [3.05, 3.63) is 42.5 Å². The summed E-state index contributed by atoms with van der Waals surface area (Å²) in [7, 11) is -0.824. The number of hydrogen-bond acceptors (Lipinski definition) is 5. The average Bonchev–Trinajstić information content (AvgIpc) is 2.69. The summed E-state index contributed by atoms with van der Waals surface area (Å²) >= 11 is 0. The van der Waals surface area contributed by atoms with Gasteiger partial charge in [-0.25, -0.2) is 8.42 Å². The zero-order valence-electron chi connectivity index (χ0n) is 15.7. The Morgan fingerprint density at radius 3 is 2.19 bits per heavy atom. The van der Waals surface area contributed by atoms with Crippen molar-refractivity contribution < 1.29 is 17.9 Å². The first-order valence-electron chi connectivity index (χ1n) is 9.13. The quantitative estimate of drug-likeness (QED) is 0.739. The lowest BCUT2D eigenvalue weighted by molar-refractivity contribution is 0.386. The van der Waals surface area contributed by atoms with E-state index in [2.05, 4.69) is 10.0 Å². The predicted octanol–water partition coefficient (Wildman–Crippen LogP) is 4.25. The second-order valence-corrected chi connectivity index (χ2v) is 8.33. The zero-order valence-corrected chi connectivity index (χ0v) is 16.5. The van der Waals surface area contributed by atoms with Crippen molar-refractivity contribution in [1.29, 1.82) is 0 Å². The molecule has 0 bridgehead atoms. The molecule has 7 heteroatoms. The number of benzene rings is 2. The highest BCUT2D eigenvalue weighted by Crippen LogP contribution is 2.30. The summed E-state index contributed by atoms with van der Waals surface area (Å²) in [6, 6.07) is 12.4. The predicted molar refractivity (Wildman–Crippen MR) is 107 cm³/mol. The summed E-state index contributed by atoms with van der Waals surface area (Å²) in [6.07, 6.45) is 6.21. The van der Waals surface area contributed by atoms with Crippen LogP contribution in [-0.2, 0) is 10.0 Å². The molecular weight excluding hydrogens is 364 g/mol. The number of hydrogen-bond donors (Lipinski definition) is 2. The Morgan fingerprint density at radius 1 is 0.889 bits per heavy atom. The first-order chi connectivity index (χ1) is 13.0. The zero-order chi connectivity index (χ0) is 19.3. The molecule has 1 aliphatic rings. The number of sulfonamides is 1. The van der Waals surface area contributed by atoms with Gasteiger partial charge in [0.2, 0.25) is 0 Å². The third-order valence-corrected chi connectivity index (χ3v) is 6.19. The highest BCUT2D eigenvalue weighted by molar-refractivity contribution is 7.92. The molecule has 6 nitrogen and oxygen atoms in total. The van der Waals surface area contributed by atoms with Gasteiger partial charge in [-0.2, -0.15) is 0 Å². The van der Waals surface area contributed by atoms with Crippen LogP contribution in [0.4, 0.5) is 11.4 Å². The molecule has 2 aromatic rings. The minimum absolute atomic E-state index is 0.0650. The molecule has 0 saturated heterocycles. The molecule has 1 fully saturated rings. The number of rotatable bonds is 7. The van der Waals surface area contributed by atoms with E-state index in [1.807, 2.05) is 12.1 Å². The summed E-state index contributed by atoms with van der Waals surface area (Å²) < 4.78 is 38.4. The summed E-state index contributed by atoms with van der Waals surface area (Å²) in [6.45, 7) is 0. The number of ether oxygens (including phenoxy) is 2. The molecule has 2 N–H and O–H groups in total. The van der Waals surface area contributed by atoms with E-state index < -0.39 is 10.0 Å². The van der Waals surface area contributed by atoms with Crippen LogP contribution in [0.2, 0.25) is 0 Å². The molecule has 0 unspecified atom stereocenters. The summed E-state index contributed by atoms with van der Waals surface area (Å²) in [4.78, 5) is 0.0650. The average molecular weight is 391 g/mol. The minimum Gasteiger partial charge on any atom is -0.497 e. The van der Waals surface area contributed by atoms with Crippen molar-refractivity contribution in [3.8, 4) is 11.5 Å². The molecule has 0 amide bonds. The van der Waals surface area contributed by atoms with Crippen LogP contribution < -0.4 is 19.5 Å². The van der Waals surface area contributed by atoms with Gasteiger partial charge in [0.05, 0.1) is 14.2 Å². The SMILES string of the molecule is COc1ccc(S(=O)(=O)Nc2ccc(NC3CCCCC3)cc2)c(OC)c1. The van der Waals surface area contributed by atoms with Gasteiger partial charge >= 0.3 is 0 Å². The topological polar surface area (TPSA) is 76.7 Å². The Balaban J connectivity index is 1.72. The largest absolute Gasteiger partial charge is 0.497 e. The monoisotopic (exact) mass is 390 g/mol. The molecular formula is C20H26N2O4S. The highest BCUT2D eigenvalue weighted by Gasteiger charge is 2.20. The fraction of sp³-hybridized carbons (Fsp3) is 0.400. The lowest BCUT2D eigenvalue weighted by atomic mass is 9.95. The van der Waals surface area contributed by atoms with E-state index in [-0.39, 0.29) is 10.6 Å². The van der Waals surface area contributed by atoms with Gasteiger partial charge in [0.15, 0.2) is 0 Å². The number of nitrogens with one attached hydrogen (secondary N) is 2. The Bertz CT molecular complexity index is 860. The standard InChI is InChI=1S/C20H26N2O4S/c1-25-18-12-13-20(19(14-18)26-2)27(23,24)22-17-10-8-16(9-11-17)21-15-6-4-3-5-7-15/h8-15,21-22H,3-7H2,1-2H3. The molecule has 0 aromatic heterocycles.